The third kappa shape index (κ3) is 6.49. The molecule has 2 heterocycles. The molecule has 0 radical (unpaired) electrons. The predicted molar refractivity (Wildman–Crippen MR) is 99.2 cm³/mol. The van der Waals surface area contributed by atoms with Crippen molar-refractivity contribution in [2.45, 2.75) is 26.3 Å². The fourth-order valence-corrected chi connectivity index (χ4v) is 2.89. The van der Waals surface area contributed by atoms with Crippen molar-refractivity contribution < 1.29 is 0 Å². The Hall–Kier alpha value is -1.60. The van der Waals surface area contributed by atoms with E-state index in [4.69, 9.17) is 0 Å². The van der Waals surface area contributed by atoms with Crippen molar-refractivity contribution in [2.75, 3.05) is 52.9 Å². The summed E-state index contributed by atoms with van der Waals surface area (Å²) in [7, 11) is 4.16. The maximum absolute atomic E-state index is 4.64. The summed E-state index contributed by atoms with van der Waals surface area (Å²) in [5.41, 5.74) is 1.11. The summed E-state index contributed by atoms with van der Waals surface area (Å²) < 4.78 is 1.86. The van der Waals surface area contributed by atoms with Gasteiger partial charge in [0.2, 0.25) is 0 Å². The van der Waals surface area contributed by atoms with Crippen LogP contribution in [0.2, 0.25) is 0 Å². The Kier molecular flexibility index (Phi) is 8.04. The first-order chi connectivity index (χ1) is 11.7. The lowest BCUT2D eigenvalue weighted by Crippen LogP contribution is -2.39. The topological polar surface area (TPSA) is 60.7 Å². The number of nitrogens with one attached hydrogen (secondary N) is 2. The second kappa shape index (κ2) is 10.3. The van der Waals surface area contributed by atoms with Gasteiger partial charge < -0.3 is 20.4 Å². The number of hydrogen-bond acceptors (Lipinski definition) is 4. The van der Waals surface area contributed by atoms with Crippen molar-refractivity contribution in [3.63, 3.8) is 0 Å². The van der Waals surface area contributed by atoms with Gasteiger partial charge in [-0.15, -0.1) is 0 Å². The van der Waals surface area contributed by atoms with Gasteiger partial charge in [-0.05, 0) is 52.5 Å². The average molecular weight is 336 g/mol. The highest BCUT2D eigenvalue weighted by atomic mass is 15.3. The molecule has 0 aliphatic carbocycles. The number of nitrogens with zero attached hydrogens (tertiary/aromatic N) is 5. The number of hydrogen-bond donors (Lipinski definition) is 2. The van der Waals surface area contributed by atoms with Gasteiger partial charge in [-0.3, -0.25) is 4.68 Å². The lowest BCUT2D eigenvalue weighted by Gasteiger charge is -2.20. The molecule has 7 nitrogen and oxygen atoms in total. The second-order valence-corrected chi connectivity index (χ2v) is 6.42. The summed E-state index contributed by atoms with van der Waals surface area (Å²) in [5, 5.41) is 10.9. The van der Waals surface area contributed by atoms with Crippen molar-refractivity contribution in [1.82, 2.24) is 30.2 Å². The van der Waals surface area contributed by atoms with Crippen molar-refractivity contribution in [3.8, 4) is 0 Å². The highest BCUT2D eigenvalue weighted by Crippen LogP contribution is 2.01. The number of guanidine groups is 1. The van der Waals surface area contributed by atoms with Crippen LogP contribution >= 0.6 is 0 Å². The fourth-order valence-electron chi connectivity index (χ4n) is 2.89. The van der Waals surface area contributed by atoms with Gasteiger partial charge in [0.1, 0.15) is 0 Å². The van der Waals surface area contributed by atoms with Crippen LogP contribution in [0.4, 0.5) is 0 Å². The van der Waals surface area contributed by atoms with E-state index in [0.717, 1.165) is 37.7 Å². The molecular formula is C17H33N7. The van der Waals surface area contributed by atoms with E-state index in [9.17, 15) is 0 Å². The first-order valence-corrected chi connectivity index (χ1v) is 9.09. The van der Waals surface area contributed by atoms with E-state index in [1.165, 1.54) is 32.6 Å². The molecule has 1 saturated heterocycles. The molecule has 0 saturated carbocycles. The zero-order valence-corrected chi connectivity index (χ0v) is 15.5. The van der Waals surface area contributed by atoms with Crippen molar-refractivity contribution >= 4 is 5.96 Å². The standard InChI is InChI=1S/C17H33N7/c1-4-18-17(20-15-16-7-9-21-23(16)3)19-8-5-11-24-12-6-10-22(2)13-14-24/h7,9H,4-6,8,10-15H2,1-3H3,(H2,18,19,20). The quantitative estimate of drug-likeness (QED) is 0.432. The average Bonchev–Trinajstić information content (AvgIpc) is 2.86. The fraction of sp³-hybridized carbons (Fsp3) is 0.765. The van der Waals surface area contributed by atoms with Crippen LogP contribution in [0.25, 0.3) is 0 Å². The van der Waals surface area contributed by atoms with Gasteiger partial charge in [0.15, 0.2) is 5.96 Å². The minimum absolute atomic E-state index is 0.643. The van der Waals surface area contributed by atoms with Crippen LogP contribution in [0.1, 0.15) is 25.5 Å². The minimum Gasteiger partial charge on any atom is -0.357 e. The molecule has 2 N–H and O–H groups in total. The Morgan fingerprint density at radius 1 is 1.21 bits per heavy atom. The zero-order chi connectivity index (χ0) is 17.2. The van der Waals surface area contributed by atoms with Crippen LogP contribution in [0.5, 0.6) is 0 Å². The van der Waals surface area contributed by atoms with Crippen LogP contribution in [0.3, 0.4) is 0 Å². The highest BCUT2D eigenvalue weighted by molar-refractivity contribution is 5.79. The lowest BCUT2D eigenvalue weighted by atomic mass is 10.3. The summed E-state index contributed by atoms with van der Waals surface area (Å²) in [5.74, 6) is 0.884. The molecule has 0 atom stereocenters. The molecule has 0 unspecified atom stereocenters. The summed E-state index contributed by atoms with van der Waals surface area (Å²) in [6, 6.07) is 2.00. The molecule has 0 amide bonds. The first kappa shape index (κ1) is 18.7. The second-order valence-electron chi connectivity index (χ2n) is 6.42. The van der Waals surface area contributed by atoms with E-state index >= 15 is 0 Å². The molecule has 1 aliphatic rings. The van der Waals surface area contributed by atoms with Gasteiger partial charge in [0, 0.05) is 39.4 Å². The maximum atomic E-state index is 4.64. The molecule has 1 fully saturated rings. The van der Waals surface area contributed by atoms with Gasteiger partial charge in [-0.1, -0.05) is 0 Å². The molecule has 1 aromatic rings. The van der Waals surface area contributed by atoms with Crippen LogP contribution in [-0.4, -0.2) is 78.4 Å². The summed E-state index contributed by atoms with van der Waals surface area (Å²) >= 11 is 0. The Morgan fingerprint density at radius 3 is 2.83 bits per heavy atom. The Balaban J connectivity index is 1.70. The van der Waals surface area contributed by atoms with Crippen molar-refractivity contribution in [2.24, 2.45) is 12.0 Å². The molecular weight excluding hydrogens is 302 g/mol. The van der Waals surface area contributed by atoms with Crippen LogP contribution < -0.4 is 10.6 Å². The molecule has 136 valence electrons. The number of rotatable bonds is 7. The Bertz CT molecular complexity index is 497. The van der Waals surface area contributed by atoms with Crippen LogP contribution in [-0.2, 0) is 13.6 Å². The molecule has 2 rings (SSSR count). The molecule has 1 aliphatic heterocycles. The molecule has 0 spiro atoms. The number of aryl methyl sites for hydroxylation is 1. The third-order valence-corrected chi connectivity index (χ3v) is 4.42. The summed E-state index contributed by atoms with van der Waals surface area (Å²) in [4.78, 5) is 9.64. The molecule has 0 bridgehead atoms. The van der Waals surface area contributed by atoms with Crippen molar-refractivity contribution in [1.29, 1.82) is 0 Å². The number of likely N-dealkylation sites (N-methyl/N-ethyl adjacent to an activating group) is 1. The summed E-state index contributed by atoms with van der Waals surface area (Å²) in [6.45, 7) is 10.5. The number of aliphatic imine (C=N–C) groups is 1. The van der Waals surface area contributed by atoms with Gasteiger partial charge in [0.25, 0.3) is 0 Å². The van der Waals surface area contributed by atoms with E-state index in [-0.39, 0.29) is 0 Å². The van der Waals surface area contributed by atoms with Gasteiger partial charge in [0.05, 0.1) is 12.2 Å². The van der Waals surface area contributed by atoms with Gasteiger partial charge in [-0.2, -0.15) is 5.10 Å². The van der Waals surface area contributed by atoms with Crippen LogP contribution in [0.15, 0.2) is 17.3 Å². The normalized spacial score (nSPS) is 17.7. The molecule has 1 aromatic heterocycles. The van der Waals surface area contributed by atoms with E-state index in [2.05, 4.69) is 44.5 Å². The third-order valence-electron chi connectivity index (χ3n) is 4.42. The maximum Gasteiger partial charge on any atom is 0.191 e. The largest absolute Gasteiger partial charge is 0.357 e. The minimum atomic E-state index is 0.643. The van der Waals surface area contributed by atoms with Crippen LogP contribution in [0, 0.1) is 0 Å². The molecule has 24 heavy (non-hydrogen) atoms. The zero-order valence-electron chi connectivity index (χ0n) is 15.5. The van der Waals surface area contributed by atoms with E-state index < -0.39 is 0 Å². The highest BCUT2D eigenvalue weighted by Gasteiger charge is 2.11. The molecule has 7 heteroatoms. The van der Waals surface area contributed by atoms with E-state index in [1.54, 1.807) is 0 Å². The lowest BCUT2D eigenvalue weighted by molar-refractivity contribution is 0.274. The predicted octanol–water partition coefficient (Wildman–Crippen LogP) is 0.503. The van der Waals surface area contributed by atoms with Crippen molar-refractivity contribution in [3.05, 3.63) is 18.0 Å². The Morgan fingerprint density at radius 2 is 2.08 bits per heavy atom. The molecule has 0 aromatic carbocycles. The monoisotopic (exact) mass is 335 g/mol. The summed E-state index contributed by atoms with van der Waals surface area (Å²) in [6.07, 6.45) is 4.22. The smallest absolute Gasteiger partial charge is 0.191 e. The van der Waals surface area contributed by atoms with E-state index in [0.29, 0.717) is 6.54 Å². The number of aromatic nitrogens is 2. The first-order valence-electron chi connectivity index (χ1n) is 9.09. The SMILES string of the molecule is CCNC(=NCc1ccnn1C)NCCCN1CCCN(C)CC1. The van der Waals surface area contributed by atoms with Gasteiger partial charge in [-0.25, -0.2) is 4.99 Å². The van der Waals surface area contributed by atoms with Gasteiger partial charge >= 0.3 is 0 Å². The van der Waals surface area contributed by atoms with E-state index in [1.807, 2.05) is 24.0 Å². The Labute approximate surface area is 146 Å².